The van der Waals surface area contributed by atoms with Gasteiger partial charge in [-0.05, 0) is 12.1 Å². The number of hydrogen-bond acceptors (Lipinski definition) is 4. The van der Waals surface area contributed by atoms with E-state index in [1.807, 2.05) is 46.8 Å². The standard InChI is InChI=1S/C13H9ClN4S/c14-12-8-6-19-7-10(8)16-13(17-12)9-5-18-4-2-1-3-11(18)15-9/h1-5H,6-7H2. The summed E-state index contributed by atoms with van der Waals surface area (Å²) >= 11 is 8.04. The Morgan fingerprint density at radius 1 is 1.16 bits per heavy atom. The van der Waals surface area contributed by atoms with E-state index in [0.717, 1.165) is 34.1 Å². The highest BCUT2D eigenvalue weighted by molar-refractivity contribution is 7.98. The van der Waals surface area contributed by atoms with E-state index in [9.17, 15) is 0 Å². The Morgan fingerprint density at radius 3 is 3.00 bits per heavy atom. The summed E-state index contributed by atoms with van der Waals surface area (Å²) in [5.41, 5.74) is 3.75. The lowest BCUT2D eigenvalue weighted by Crippen LogP contribution is -1.97. The summed E-state index contributed by atoms with van der Waals surface area (Å²) in [4.78, 5) is 13.5. The highest BCUT2D eigenvalue weighted by atomic mass is 35.5. The van der Waals surface area contributed by atoms with Crippen molar-refractivity contribution in [2.45, 2.75) is 11.5 Å². The van der Waals surface area contributed by atoms with Crippen LogP contribution in [0.4, 0.5) is 0 Å². The lowest BCUT2D eigenvalue weighted by atomic mass is 10.2. The van der Waals surface area contributed by atoms with Crippen molar-refractivity contribution in [2.24, 2.45) is 0 Å². The maximum atomic E-state index is 6.22. The Morgan fingerprint density at radius 2 is 2.11 bits per heavy atom. The monoisotopic (exact) mass is 288 g/mol. The summed E-state index contributed by atoms with van der Waals surface area (Å²) in [7, 11) is 0. The second kappa shape index (κ2) is 4.21. The SMILES string of the molecule is Clc1nc(-c2cn3ccccc3n2)nc2c1CSC2. The summed E-state index contributed by atoms with van der Waals surface area (Å²) in [6, 6.07) is 5.87. The van der Waals surface area contributed by atoms with Crippen LogP contribution in [0.3, 0.4) is 0 Å². The first-order valence-electron chi connectivity index (χ1n) is 5.88. The summed E-state index contributed by atoms with van der Waals surface area (Å²) < 4.78 is 1.95. The summed E-state index contributed by atoms with van der Waals surface area (Å²) in [6.45, 7) is 0. The van der Waals surface area contributed by atoms with Crippen molar-refractivity contribution in [1.82, 2.24) is 19.4 Å². The zero-order chi connectivity index (χ0) is 12.8. The van der Waals surface area contributed by atoms with Crippen LogP contribution in [0.1, 0.15) is 11.3 Å². The Balaban J connectivity index is 1.90. The molecule has 0 bridgehead atoms. The quantitative estimate of drug-likeness (QED) is 0.645. The van der Waals surface area contributed by atoms with Crippen molar-refractivity contribution < 1.29 is 0 Å². The first-order chi connectivity index (χ1) is 9.31. The molecule has 4 nitrogen and oxygen atoms in total. The van der Waals surface area contributed by atoms with Gasteiger partial charge in [-0.2, -0.15) is 11.8 Å². The molecular weight excluding hydrogens is 280 g/mol. The molecule has 94 valence electrons. The van der Waals surface area contributed by atoms with Crippen LogP contribution in [0.15, 0.2) is 30.6 Å². The van der Waals surface area contributed by atoms with Gasteiger partial charge in [0, 0.05) is 29.5 Å². The number of fused-ring (bicyclic) bond motifs is 2. The zero-order valence-corrected chi connectivity index (χ0v) is 11.4. The van der Waals surface area contributed by atoms with Crippen molar-refractivity contribution >= 4 is 29.0 Å². The molecule has 0 aliphatic carbocycles. The summed E-state index contributed by atoms with van der Waals surface area (Å²) in [5, 5.41) is 0.557. The zero-order valence-electron chi connectivity index (χ0n) is 9.88. The first-order valence-corrected chi connectivity index (χ1v) is 7.42. The molecule has 0 saturated carbocycles. The summed E-state index contributed by atoms with van der Waals surface area (Å²) in [5.74, 6) is 2.41. The normalized spacial score (nSPS) is 13.9. The maximum absolute atomic E-state index is 6.22. The van der Waals surface area contributed by atoms with Gasteiger partial charge in [-0.25, -0.2) is 15.0 Å². The molecule has 0 N–H and O–H groups in total. The molecule has 1 aliphatic rings. The molecule has 0 spiro atoms. The van der Waals surface area contributed by atoms with Crippen molar-refractivity contribution in [3.05, 3.63) is 47.0 Å². The van der Waals surface area contributed by atoms with Gasteiger partial charge in [0.25, 0.3) is 0 Å². The Hall–Kier alpha value is -1.59. The lowest BCUT2D eigenvalue weighted by molar-refractivity contribution is 1.06. The highest BCUT2D eigenvalue weighted by Crippen LogP contribution is 2.33. The van der Waals surface area contributed by atoms with E-state index in [1.54, 1.807) is 0 Å². The Kier molecular flexibility index (Phi) is 2.50. The second-order valence-corrected chi connectivity index (χ2v) is 5.69. The van der Waals surface area contributed by atoms with Gasteiger partial charge in [-0.15, -0.1) is 0 Å². The van der Waals surface area contributed by atoms with Gasteiger partial charge in [-0.3, -0.25) is 0 Å². The fourth-order valence-electron chi connectivity index (χ4n) is 2.17. The smallest absolute Gasteiger partial charge is 0.181 e. The lowest BCUT2D eigenvalue weighted by Gasteiger charge is -2.02. The number of pyridine rings is 1. The fourth-order valence-corrected chi connectivity index (χ4v) is 3.55. The molecule has 0 atom stereocenters. The third kappa shape index (κ3) is 1.81. The third-order valence-electron chi connectivity index (χ3n) is 3.12. The second-order valence-electron chi connectivity index (χ2n) is 4.35. The van der Waals surface area contributed by atoms with Gasteiger partial charge in [0.2, 0.25) is 0 Å². The van der Waals surface area contributed by atoms with Crippen LogP contribution in [0, 0.1) is 0 Å². The summed E-state index contributed by atoms with van der Waals surface area (Å²) in [6.07, 6.45) is 3.88. The average Bonchev–Trinajstić information content (AvgIpc) is 3.04. The molecule has 6 heteroatoms. The van der Waals surface area contributed by atoms with Crippen LogP contribution in [0.25, 0.3) is 17.2 Å². The molecule has 1 aliphatic heterocycles. The Bertz CT molecular complexity index is 750. The van der Waals surface area contributed by atoms with Gasteiger partial charge >= 0.3 is 0 Å². The number of rotatable bonds is 1. The fraction of sp³-hybridized carbons (Fsp3) is 0.154. The number of hydrogen-bond donors (Lipinski definition) is 0. The van der Waals surface area contributed by atoms with E-state index < -0.39 is 0 Å². The molecule has 0 saturated heterocycles. The predicted octanol–water partition coefficient (Wildman–Crippen LogP) is 3.19. The van der Waals surface area contributed by atoms with Crippen LogP contribution in [-0.2, 0) is 11.5 Å². The van der Waals surface area contributed by atoms with Gasteiger partial charge in [0.1, 0.15) is 16.5 Å². The topological polar surface area (TPSA) is 43.1 Å². The number of imidazole rings is 1. The van der Waals surface area contributed by atoms with Gasteiger partial charge in [-0.1, -0.05) is 17.7 Å². The van der Waals surface area contributed by atoms with E-state index in [0.29, 0.717) is 11.0 Å². The van der Waals surface area contributed by atoms with Crippen LogP contribution < -0.4 is 0 Å². The first kappa shape index (κ1) is 11.3. The van der Waals surface area contributed by atoms with Crippen LogP contribution in [-0.4, -0.2) is 19.4 Å². The van der Waals surface area contributed by atoms with E-state index in [1.165, 1.54) is 0 Å². The van der Waals surface area contributed by atoms with Gasteiger partial charge < -0.3 is 4.40 Å². The molecule has 0 aromatic carbocycles. The van der Waals surface area contributed by atoms with Gasteiger partial charge in [0.05, 0.1) is 5.69 Å². The number of halogens is 1. The molecule has 19 heavy (non-hydrogen) atoms. The molecule has 0 unspecified atom stereocenters. The van der Waals surface area contributed by atoms with Crippen LogP contribution in [0.2, 0.25) is 5.15 Å². The minimum atomic E-state index is 0.557. The number of thioether (sulfide) groups is 1. The van der Waals surface area contributed by atoms with Crippen molar-refractivity contribution in [3.8, 4) is 11.5 Å². The van der Waals surface area contributed by atoms with Crippen LogP contribution in [0.5, 0.6) is 0 Å². The van der Waals surface area contributed by atoms with E-state index in [2.05, 4.69) is 15.0 Å². The minimum absolute atomic E-state index is 0.557. The average molecular weight is 289 g/mol. The molecular formula is C13H9ClN4S. The van der Waals surface area contributed by atoms with Crippen LogP contribution >= 0.6 is 23.4 Å². The van der Waals surface area contributed by atoms with Gasteiger partial charge in [0.15, 0.2) is 5.82 Å². The molecule has 0 amide bonds. The Labute approximate surface area is 118 Å². The van der Waals surface area contributed by atoms with Crippen molar-refractivity contribution in [1.29, 1.82) is 0 Å². The third-order valence-corrected chi connectivity index (χ3v) is 4.40. The molecule has 3 aromatic heterocycles. The highest BCUT2D eigenvalue weighted by Gasteiger charge is 2.20. The molecule has 3 aromatic rings. The van der Waals surface area contributed by atoms with Crippen molar-refractivity contribution in [2.75, 3.05) is 0 Å². The molecule has 0 radical (unpaired) electrons. The van der Waals surface area contributed by atoms with E-state index >= 15 is 0 Å². The minimum Gasteiger partial charge on any atom is -0.306 e. The maximum Gasteiger partial charge on any atom is 0.181 e. The van der Waals surface area contributed by atoms with E-state index in [-0.39, 0.29) is 0 Å². The van der Waals surface area contributed by atoms with Crippen molar-refractivity contribution in [3.63, 3.8) is 0 Å². The predicted molar refractivity (Wildman–Crippen MR) is 76.2 cm³/mol. The number of aromatic nitrogens is 4. The molecule has 4 rings (SSSR count). The molecule has 0 fully saturated rings. The molecule has 4 heterocycles. The largest absolute Gasteiger partial charge is 0.306 e. The number of nitrogens with zero attached hydrogens (tertiary/aromatic N) is 4. The van der Waals surface area contributed by atoms with E-state index in [4.69, 9.17) is 11.6 Å².